The van der Waals surface area contributed by atoms with Crippen LogP contribution in [0.25, 0.3) is 0 Å². The van der Waals surface area contributed by atoms with Crippen LogP contribution in [0, 0.1) is 5.92 Å². The number of hydrogen-bond donors (Lipinski definition) is 1. The number of nitrogens with one attached hydrogen (secondary N) is 1. The molecule has 3 heterocycles. The predicted molar refractivity (Wildman–Crippen MR) is 133 cm³/mol. The van der Waals surface area contributed by atoms with Gasteiger partial charge in [0.25, 0.3) is 0 Å². The molecular weight excluding hydrogens is 470 g/mol. The van der Waals surface area contributed by atoms with E-state index in [1.807, 2.05) is 35.0 Å². The van der Waals surface area contributed by atoms with E-state index in [0.717, 1.165) is 27.6 Å². The smallest absolute Gasteiger partial charge is 0.336 e. The first-order chi connectivity index (χ1) is 16.5. The van der Waals surface area contributed by atoms with Crippen LogP contribution in [-0.2, 0) is 23.9 Å². The molecular formula is C26H29NO5S2. The normalized spacial score (nSPS) is 22.3. The number of hydrogen-bond acceptors (Lipinski definition) is 8. The minimum atomic E-state index is -0.946. The first-order valence-corrected chi connectivity index (χ1v) is 13.4. The molecule has 0 saturated heterocycles. The number of dihydropyridines is 1. The van der Waals surface area contributed by atoms with E-state index in [9.17, 15) is 14.4 Å². The molecule has 1 aliphatic heterocycles. The predicted octanol–water partition coefficient (Wildman–Crippen LogP) is 5.30. The van der Waals surface area contributed by atoms with Crippen LogP contribution in [0.4, 0.5) is 0 Å². The van der Waals surface area contributed by atoms with E-state index in [1.165, 1.54) is 22.7 Å². The summed E-state index contributed by atoms with van der Waals surface area (Å²) in [5.41, 5.74) is 2.54. The van der Waals surface area contributed by atoms with Crippen LogP contribution in [0.2, 0.25) is 0 Å². The second-order valence-electron chi connectivity index (χ2n) is 8.25. The van der Waals surface area contributed by atoms with E-state index in [4.69, 9.17) is 9.47 Å². The number of Topliss-reactive ketones (excluding diaryl/α,β-unsaturated/α-hetero) is 1. The lowest BCUT2D eigenvalue weighted by atomic mass is 9.69. The monoisotopic (exact) mass is 499 g/mol. The van der Waals surface area contributed by atoms with E-state index in [1.54, 1.807) is 13.8 Å². The quantitative estimate of drug-likeness (QED) is 0.392. The summed E-state index contributed by atoms with van der Waals surface area (Å²) in [6, 6.07) is 7.74. The fraction of sp³-hybridized carbons (Fsp3) is 0.423. The number of esters is 2. The molecule has 180 valence electrons. The van der Waals surface area contributed by atoms with Crippen molar-refractivity contribution in [1.82, 2.24) is 5.32 Å². The molecule has 0 unspecified atom stereocenters. The van der Waals surface area contributed by atoms with E-state index >= 15 is 0 Å². The van der Waals surface area contributed by atoms with Gasteiger partial charge in [0, 0.05) is 32.6 Å². The summed E-state index contributed by atoms with van der Waals surface area (Å²) in [5.74, 6) is -3.04. The first kappa shape index (κ1) is 24.4. The van der Waals surface area contributed by atoms with Gasteiger partial charge in [0.2, 0.25) is 0 Å². The Bertz CT molecular complexity index is 1110. The van der Waals surface area contributed by atoms with Crippen LogP contribution in [0.3, 0.4) is 0 Å². The SMILES string of the molecule is CCCC1=C(C(=O)OCC)[C@@H](c2cccs2)C2=C(C[C@@H](c3cccs3)[C@H](C(=O)OCC)C2=O)N1. The lowest BCUT2D eigenvalue weighted by Gasteiger charge is -2.39. The highest BCUT2D eigenvalue weighted by Gasteiger charge is 2.49. The molecule has 2 aromatic rings. The molecule has 0 saturated carbocycles. The minimum Gasteiger partial charge on any atom is -0.465 e. The molecule has 0 fully saturated rings. The molecule has 0 amide bonds. The van der Waals surface area contributed by atoms with Crippen LogP contribution >= 0.6 is 22.7 Å². The lowest BCUT2D eigenvalue weighted by Crippen LogP contribution is -2.43. The molecule has 0 bridgehead atoms. The van der Waals surface area contributed by atoms with Crippen molar-refractivity contribution in [2.75, 3.05) is 13.2 Å². The van der Waals surface area contributed by atoms with Crippen LogP contribution in [0.1, 0.15) is 61.6 Å². The second kappa shape index (κ2) is 10.7. The van der Waals surface area contributed by atoms with Gasteiger partial charge in [0.15, 0.2) is 5.78 Å². The molecule has 8 heteroatoms. The van der Waals surface area contributed by atoms with E-state index in [-0.39, 0.29) is 24.9 Å². The van der Waals surface area contributed by atoms with Gasteiger partial charge < -0.3 is 14.8 Å². The maximum atomic E-state index is 14.1. The molecule has 0 spiro atoms. The van der Waals surface area contributed by atoms with Gasteiger partial charge in [-0.05, 0) is 49.6 Å². The highest BCUT2D eigenvalue weighted by molar-refractivity contribution is 7.10. The van der Waals surface area contributed by atoms with E-state index < -0.39 is 23.8 Å². The van der Waals surface area contributed by atoms with Crippen molar-refractivity contribution in [2.24, 2.45) is 5.92 Å². The first-order valence-electron chi connectivity index (χ1n) is 11.7. The van der Waals surface area contributed by atoms with Crippen molar-refractivity contribution >= 4 is 40.4 Å². The Hall–Kier alpha value is -2.71. The molecule has 1 aliphatic carbocycles. The number of rotatable bonds is 8. The zero-order valence-corrected chi connectivity index (χ0v) is 21.2. The third-order valence-electron chi connectivity index (χ3n) is 6.18. The maximum absolute atomic E-state index is 14.1. The molecule has 2 aliphatic rings. The Labute approximate surface area is 207 Å². The fourth-order valence-electron chi connectivity index (χ4n) is 4.86. The summed E-state index contributed by atoms with van der Waals surface area (Å²) in [4.78, 5) is 42.3. The van der Waals surface area contributed by atoms with Gasteiger partial charge in [0.05, 0.1) is 24.7 Å². The summed E-state index contributed by atoms with van der Waals surface area (Å²) >= 11 is 3.03. The number of allylic oxidation sites excluding steroid dienone is 3. The Morgan fingerprint density at radius 3 is 2.29 bits per heavy atom. The Morgan fingerprint density at radius 1 is 1.03 bits per heavy atom. The van der Waals surface area contributed by atoms with E-state index in [0.29, 0.717) is 24.0 Å². The van der Waals surface area contributed by atoms with Crippen molar-refractivity contribution < 1.29 is 23.9 Å². The highest BCUT2D eigenvalue weighted by atomic mass is 32.1. The van der Waals surface area contributed by atoms with Gasteiger partial charge >= 0.3 is 11.9 Å². The summed E-state index contributed by atoms with van der Waals surface area (Å²) in [6.45, 7) is 6.01. The topological polar surface area (TPSA) is 81.7 Å². The van der Waals surface area contributed by atoms with Gasteiger partial charge in [-0.3, -0.25) is 9.59 Å². The average Bonchev–Trinajstić information content (AvgIpc) is 3.53. The van der Waals surface area contributed by atoms with Crippen molar-refractivity contribution in [2.45, 2.75) is 51.9 Å². The third-order valence-corrected chi connectivity index (χ3v) is 8.12. The molecule has 4 rings (SSSR count). The van der Waals surface area contributed by atoms with Crippen molar-refractivity contribution in [1.29, 1.82) is 0 Å². The second-order valence-corrected chi connectivity index (χ2v) is 10.2. The van der Waals surface area contributed by atoms with Crippen LogP contribution in [0.15, 0.2) is 57.6 Å². The third kappa shape index (κ3) is 4.49. The molecule has 3 atom stereocenters. The molecule has 0 radical (unpaired) electrons. The van der Waals surface area contributed by atoms with Crippen molar-refractivity contribution in [3.63, 3.8) is 0 Å². The Kier molecular flexibility index (Phi) is 7.68. The van der Waals surface area contributed by atoms with Gasteiger partial charge in [-0.2, -0.15) is 0 Å². The number of carbonyl (C=O) groups is 3. The minimum absolute atomic E-state index is 0.201. The van der Waals surface area contributed by atoms with Crippen molar-refractivity contribution in [3.8, 4) is 0 Å². The Balaban J connectivity index is 1.88. The molecule has 6 nitrogen and oxygen atoms in total. The van der Waals surface area contributed by atoms with Gasteiger partial charge in [-0.25, -0.2) is 4.79 Å². The van der Waals surface area contributed by atoms with Crippen molar-refractivity contribution in [3.05, 3.63) is 67.3 Å². The van der Waals surface area contributed by atoms with Crippen LogP contribution < -0.4 is 5.32 Å². The lowest BCUT2D eigenvalue weighted by molar-refractivity contribution is -0.152. The standard InChI is InChI=1S/C26H29NO5S2/c1-4-9-16-22(26(30)32-6-3)23(19-11-8-13-34-19)21-17(27-16)14-15(18-10-7-12-33-18)20(24(21)28)25(29)31-5-2/h7-8,10-13,15,20,23,27H,4-6,9,14H2,1-3H3/t15-,20-,23-/m0/s1. The van der Waals surface area contributed by atoms with Crippen LogP contribution in [-0.4, -0.2) is 30.9 Å². The van der Waals surface area contributed by atoms with E-state index in [2.05, 4.69) is 12.2 Å². The molecule has 2 aromatic heterocycles. The number of carbonyl (C=O) groups excluding carboxylic acids is 3. The van der Waals surface area contributed by atoms with Crippen LogP contribution in [0.5, 0.6) is 0 Å². The highest BCUT2D eigenvalue weighted by Crippen LogP contribution is 2.50. The zero-order chi connectivity index (χ0) is 24.2. The molecule has 0 aromatic carbocycles. The summed E-state index contributed by atoms with van der Waals surface area (Å²) in [5, 5.41) is 7.34. The zero-order valence-electron chi connectivity index (χ0n) is 19.6. The number of ketones is 1. The average molecular weight is 500 g/mol. The fourth-order valence-corrected chi connectivity index (χ4v) is 6.57. The maximum Gasteiger partial charge on any atom is 0.336 e. The van der Waals surface area contributed by atoms with Gasteiger partial charge in [0.1, 0.15) is 5.92 Å². The van der Waals surface area contributed by atoms with Gasteiger partial charge in [-0.15, -0.1) is 22.7 Å². The summed E-state index contributed by atoms with van der Waals surface area (Å²) in [6.07, 6.45) is 1.99. The summed E-state index contributed by atoms with van der Waals surface area (Å²) < 4.78 is 10.8. The molecule has 34 heavy (non-hydrogen) atoms. The number of thiophene rings is 2. The van der Waals surface area contributed by atoms with Gasteiger partial charge in [-0.1, -0.05) is 25.5 Å². The Morgan fingerprint density at radius 2 is 1.71 bits per heavy atom. The summed E-state index contributed by atoms with van der Waals surface area (Å²) in [7, 11) is 0. The molecule has 1 N–H and O–H groups in total. The number of ether oxygens (including phenoxy) is 2. The largest absolute Gasteiger partial charge is 0.465 e.